The Balaban J connectivity index is 1.42. The van der Waals surface area contributed by atoms with Crippen molar-refractivity contribution in [3.05, 3.63) is 96.2 Å². The van der Waals surface area contributed by atoms with Gasteiger partial charge in [0.25, 0.3) is 0 Å². The van der Waals surface area contributed by atoms with Crippen LogP contribution in [0.5, 0.6) is 5.75 Å². The maximum atomic E-state index is 12.8. The third-order valence-corrected chi connectivity index (χ3v) is 7.17. The number of benzene rings is 3. The normalized spacial score (nSPS) is 12.7. The molecule has 4 aromatic rings. The lowest BCUT2D eigenvalue weighted by atomic mass is 9.94. The summed E-state index contributed by atoms with van der Waals surface area (Å²) in [7, 11) is -2.81. The fraction of sp³-hybridized carbons (Fsp3) is 0.267. The van der Waals surface area contributed by atoms with E-state index in [2.05, 4.69) is 14.8 Å². The second kappa shape index (κ2) is 14.0. The number of carbonyl (C=O) groups excluding carboxylic acids is 1. The van der Waals surface area contributed by atoms with Crippen LogP contribution in [0.3, 0.4) is 0 Å². The fourth-order valence-corrected chi connectivity index (χ4v) is 4.70. The first-order valence-corrected chi connectivity index (χ1v) is 14.4. The van der Waals surface area contributed by atoms with Crippen molar-refractivity contribution in [2.45, 2.75) is 32.3 Å². The van der Waals surface area contributed by atoms with E-state index in [1.54, 1.807) is 6.20 Å². The van der Waals surface area contributed by atoms with E-state index in [1.807, 2.05) is 78.9 Å². The molecule has 1 aromatic heterocycles. The van der Waals surface area contributed by atoms with Crippen molar-refractivity contribution in [1.29, 1.82) is 0 Å². The summed E-state index contributed by atoms with van der Waals surface area (Å²) < 4.78 is 26.5. The molecule has 0 radical (unpaired) electrons. The fourth-order valence-electron chi connectivity index (χ4n) is 4.24. The largest absolute Gasteiger partial charge is 0.489 e. The van der Waals surface area contributed by atoms with Gasteiger partial charge in [0.05, 0.1) is 18.5 Å². The molecule has 39 heavy (non-hydrogen) atoms. The Kier molecular flexibility index (Phi) is 10.2. The number of hydrogen-bond donors (Lipinski definition) is 2. The number of hydrogen-bond acceptors (Lipinski definition) is 6. The van der Waals surface area contributed by atoms with Crippen molar-refractivity contribution in [3.63, 3.8) is 0 Å². The summed E-state index contributed by atoms with van der Waals surface area (Å²) in [6, 6.07) is 25.8. The zero-order valence-corrected chi connectivity index (χ0v) is 22.8. The first kappa shape index (κ1) is 28.5. The highest BCUT2D eigenvalue weighted by atomic mass is 31.2. The summed E-state index contributed by atoms with van der Waals surface area (Å²) in [4.78, 5) is 26.7. The van der Waals surface area contributed by atoms with Crippen molar-refractivity contribution in [3.8, 4) is 16.9 Å². The molecule has 0 saturated carbocycles. The Labute approximate surface area is 228 Å². The minimum Gasteiger partial charge on any atom is -0.489 e. The molecule has 0 saturated heterocycles. The zero-order valence-electron chi connectivity index (χ0n) is 21.9. The van der Waals surface area contributed by atoms with Crippen LogP contribution in [0.25, 0.3) is 22.0 Å². The van der Waals surface area contributed by atoms with Crippen LogP contribution in [-0.4, -0.2) is 36.0 Å². The molecule has 1 amide bonds. The molecule has 2 N–H and O–H groups in total. The molecular weight excluding hydrogens is 515 g/mol. The number of phosphoric acid groups is 1. The van der Waals surface area contributed by atoms with Crippen molar-refractivity contribution in [2.75, 3.05) is 20.3 Å². The Hall–Kier alpha value is -3.55. The van der Waals surface area contributed by atoms with Crippen LogP contribution in [0.15, 0.2) is 85.1 Å². The molecule has 1 unspecified atom stereocenters. The molecule has 0 fully saturated rings. The molecule has 1 heterocycles. The molecule has 0 bridgehead atoms. The van der Waals surface area contributed by atoms with Crippen LogP contribution < -0.4 is 10.1 Å². The lowest BCUT2D eigenvalue weighted by Crippen LogP contribution is -2.26. The van der Waals surface area contributed by atoms with E-state index >= 15 is 0 Å². The van der Waals surface area contributed by atoms with Gasteiger partial charge in [-0.1, -0.05) is 60.7 Å². The van der Waals surface area contributed by atoms with Crippen LogP contribution in [0.4, 0.5) is 0 Å². The van der Waals surface area contributed by atoms with Gasteiger partial charge in [-0.2, -0.15) is 0 Å². The Bertz CT molecular complexity index is 1430. The lowest BCUT2D eigenvalue weighted by molar-refractivity contribution is -0.120. The van der Waals surface area contributed by atoms with E-state index in [-0.39, 0.29) is 18.9 Å². The van der Waals surface area contributed by atoms with Crippen LogP contribution >= 0.6 is 7.82 Å². The highest BCUT2D eigenvalue weighted by Gasteiger charge is 2.17. The number of ether oxygens (including phenoxy) is 1. The van der Waals surface area contributed by atoms with E-state index < -0.39 is 7.82 Å². The average molecular weight is 549 g/mol. The topological polar surface area (TPSA) is 107 Å². The molecule has 8 nitrogen and oxygen atoms in total. The monoisotopic (exact) mass is 548 g/mol. The molecule has 0 aliphatic rings. The van der Waals surface area contributed by atoms with E-state index in [0.717, 1.165) is 58.9 Å². The number of fused-ring (bicyclic) bond motifs is 1. The second-order valence-corrected chi connectivity index (χ2v) is 10.6. The third kappa shape index (κ3) is 8.47. The van der Waals surface area contributed by atoms with Crippen molar-refractivity contribution < 1.29 is 28.0 Å². The highest BCUT2D eigenvalue weighted by Crippen LogP contribution is 2.42. The predicted molar refractivity (Wildman–Crippen MR) is 151 cm³/mol. The third-order valence-electron chi connectivity index (χ3n) is 6.20. The number of para-hydroxylation sites is 1. The van der Waals surface area contributed by atoms with Gasteiger partial charge in [0.1, 0.15) is 12.4 Å². The quantitative estimate of drug-likeness (QED) is 0.145. The zero-order chi connectivity index (χ0) is 27.5. The number of carbonyl (C=O) groups is 1. The van der Waals surface area contributed by atoms with E-state index in [1.165, 1.54) is 0 Å². The van der Waals surface area contributed by atoms with Crippen LogP contribution in [-0.2, 0) is 31.4 Å². The summed E-state index contributed by atoms with van der Waals surface area (Å²) in [6.45, 7) is 1.09. The number of nitrogens with one attached hydrogen (secondary N) is 1. The summed E-state index contributed by atoms with van der Waals surface area (Å²) in [6.07, 6.45) is 4.01. The summed E-state index contributed by atoms with van der Waals surface area (Å²) in [5.74, 6) is 0.653. The van der Waals surface area contributed by atoms with Gasteiger partial charge in [-0.25, -0.2) is 4.57 Å². The Morgan fingerprint density at radius 2 is 1.77 bits per heavy atom. The van der Waals surface area contributed by atoms with E-state index in [0.29, 0.717) is 19.6 Å². The van der Waals surface area contributed by atoms with Gasteiger partial charge in [0.15, 0.2) is 0 Å². The Morgan fingerprint density at radius 3 is 2.59 bits per heavy atom. The number of unbranched alkanes of at least 4 members (excludes halogenated alkanes) is 2. The number of rotatable bonds is 14. The first-order valence-electron chi connectivity index (χ1n) is 12.9. The van der Waals surface area contributed by atoms with E-state index in [9.17, 15) is 14.3 Å². The van der Waals surface area contributed by atoms with Crippen LogP contribution in [0.1, 0.15) is 30.4 Å². The van der Waals surface area contributed by atoms with Gasteiger partial charge in [0, 0.05) is 25.2 Å². The summed E-state index contributed by atoms with van der Waals surface area (Å²) >= 11 is 0. The molecule has 3 aromatic carbocycles. The maximum absolute atomic E-state index is 12.8. The van der Waals surface area contributed by atoms with Gasteiger partial charge < -0.3 is 14.9 Å². The van der Waals surface area contributed by atoms with Crippen LogP contribution in [0.2, 0.25) is 0 Å². The maximum Gasteiger partial charge on any atom is 0.471 e. The summed E-state index contributed by atoms with van der Waals surface area (Å²) in [5.41, 5.74) is 4.70. The van der Waals surface area contributed by atoms with E-state index in [4.69, 9.17) is 9.26 Å². The Morgan fingerprint density at radius 1 is 0.974 bits per heavy atom. The number of amides is 1. The molecule has 1 atom stereocenters. The van der Waals surface area contributed by atoms with Gasteiger partial charge >= 0.3 is 7.82 Å². The number of phosphoric ester groups is 1. The molecule has 9 heteroatoms. The average Bonchev–Trinajstić information content (AvgIpc) is 2.96. The minimum absolute atomic E-state index is 0.0969. The standard InChI is InChI=1S/C30H33N2O6P/c1-36-39(34,35)38-18-9-3-8-17-31-29(33)20-25-21-32-28-16-7-6-15-27(28)30(25)24-13-10-14-26(19-24)37-22-23-11-4-2-5-12-23/h2,4-7,10-16,19,21H,3,8-9,17-18,20,22H2,1H3,(H,31,33)(H,34,35). The molecule has 204 valence electrons. The number of aromatic nitrogens is 1. The molecule has 0 spiro atoms. The first-order chi connectivity index (χ1) is 18.9. The number of nitrogens with zero attached hydrogens (tertiary/aromatic N) is 1. The second-order valence-electron chi connectivity index (χ2n) is 9.05. The molecule has 0 aliphatic carbocycles. The molecule has 0 aliphatic heterocycles. The smallest absolute Gasteiger partial charge is 0.471 e. The van der Waals surface area contributed by atoms with Gasteiger partial charge in [-0.05, 0) is 59.7 Å². The van der Waals surface area contributed by atoms with Gasteiger partial charge in [-0.3, -0.25) is 18.8 Å². The SMILES string of the molecule is COP(=O)(O)OCCCCCNC(=O)Cc1cnc2ccccc2c1-c1cccc(OCc2ccccc2)c1. The van der Waals surface area contributed by atoms with Gasteiger partial charge in [-0.15, -0.1) is 0 Å². The number of pyridine rings is 1. The van der Waals surface area contributed by atoms with Crippen molar-refractivity contribution >= 4 is 24.6 Å². The lowest BCUT2D eigenvalue weighted by Gasteiger charge is -2.15. The summed E-state index contributed by atoms with van der Waals surface area (Å²) in [5, 5.41) is 3.94. The molecule has 4 rings (SSSR count). The predicted octanol–water partition coefficient (Wildman–Crippen LogP) is 6.07. The van der Waals surface area contributed by atoms with Gasteiger partial charge in [0.2, 0.25) is 5.91 Å². The van der Waals surface area contributed by atoms with Crippen molar-refractivity contribution in [1.82, 2.24) is 10.3 Å². The molecular formula is C30H33N2O6P. The highest BCUT2D eigenvalue weighted by molar-refractivity contribution is 7.47. The van der Waals surface area contributed by atoms with Crippen LogP contribution in [0, 0.1) is 0 Å². The van der Waals surface area contributed by atoms with Crippen molar-refractivity contribution in [2.24, 2.45) is 0 Å². The minimum atomic E-state index is -3.94.